The number of ether oxygens (including phenoxy) is 2. The second kappa shape index (κ2) is 11.2. The number of pyridine rings is 2. The maximum absolute atomic E-state index is 9.62. The van der Waals surface area contributed by atoms with Crippen LogP contribution in [0.1, 0.15) is 17.5 Å². The number of rotatable bonds is 9. The smallest absolute Gasteiger partial charge is 0.138 e. The lowest BCUT2D eigenvalue weighted by Gasteiger charge is -2.35. The zero-order valence-electron chi connectivity index (χ0n) is 20.5. The molecule has 0 atom stereocenters. The minimum absolute atomic E-state index is 0.523. The van der Waals surface area contributed by atoms with Crippen LogP contribution in [0.25, 0.3) is 16.6 Å². The third kappa shape index (κ3) is 5.33. The molecule has 4 heterocycles. The molecule has 1 aromatic carbocycles. The van der Waals surface area contributed by atoms with Crippen LogP contribution in [0.4, 0.5) is 5.82 Å². The van der Waals surface area contributed by atoms with Gasteiger partial charge < -0.3 is 14.4 Å². The van der Waals surface area contributed by atoms with E-state index in [9.17, 15) is 5.26 Å². The molecule has 0 N–H and O–H groups in total. The number of nitrogens with zero attached hydrogens (tertiary/aromatic N) is 6. The Morgan fingerprint density at radius 2 is 1.83 bits per heavy atom. The van der Waals surface area contributed by atoms with Crippen molar-refractivity contribution in [2.75, 3.05) is 51.4 Å². The molecule has 1 fully saturated rings. The Labute approximate surface area is 211 Å². The lowest BCUT2D eigenvalue weighted by atomic mass is 10.1. The number of piperazine rings is 1. The van der Waals surface area contributed by atoms with Gasteiger partial charge >= 0.3 is 0 Å². The lowest BCUT2D eigenvalue weighted by molar-refractivity contribution is 0.172. The Kier molecular flexibility index (Phi) is 7.41. The van der Waals surface area contributed by atoms with Crippen molar-refractivity contribution in [2.24, 2.45) is 0 Å². The van der Waals surface area contributed by atoms with Crippen LogP contribution in [0.15, 0.2) is 67.1 Å². The van der Waals surface area contributed by atoms with Gasteiger partial charge in [-0.05, 0) is 23.8 Å². The van der Waals surface area contributed by atoms with Gasteiger partial charge in [0.2, 0.25) is 0 Å². The number of hydrogen-bond acceptors (Lipinski definition) is 7. The van der Waals surface area contributed by atoms with Gasteiger partial charge in [0.1, 0.15) is 17.6 Å². The average molecular weight is 483 g/mol. The maximum atomic E-state index is 9.62. The Morgan fingerprint density at radius 1 is 1.00 bits per heavy atom. The topological polar surface area (TPSA) is 78.9 Å². The Bertz CT molecular complexity index is 1320. The molecule has 8 nitrogen and oxygen atoms in total. The minimum atomic E-state index is 0.523. The van der Waals surface area contributed by atoms with Gasteiger partial charge in [0.15, 0.2) is 0 Å². The standard InChI is InChI=1S/C28H30N6O2/c1-35-14-5-15-36-25-16-26(28-24(17-29)19-31-34(28)21-25)23-8-9-27(30-18-23)33-12-10-32(11-13-33)20-22-6-3-2-4-7-22/h2-4,6-9,16,18-19,21H,5,10-15,20H2,1H3. The zero-order valence-corrected chi connectivity index (χ0v) is 20.5. The fraction of sp³-hybridized carbons (Fsp3) is 0.321. The van der Waals surface area contributed by atoms with E-state index in [1.807, 2.05) is 18.5 Å². The van der Waals surface area contributed by atoms with E-state index in [1.165, 1.54) is 5.56 Å². The van der Waals surface area contributed by atoms with Gasteiger partial charge in [-0.3, -0.25) is 4.90 Å². The highest BCUT2D eigenvalue weighted by molar-refractivity contribution is 5.85. The Morgan fingerprint density at radius 3 is 2.56 bits per heavy atom. The molecule has 0 radical (unpaired) electrons. The van der Waals surface area contributed by atoms with Crippen molar-refractivity contribution in [1.82, 2.24) is 19.5 Å². The van der Waals surface area contributed by atoms with Crippen LogP contribution in [0.2, 0.25) is 0 Å². The molecule has 0 bridgehead atoms. The third-order valence-electron chi connectivity index (χ3n) is 6.47. The molecular formula is C28H30N6O2. The highest BCUT2D eigenvalue weighted by atomic mass is 16.5. The lowest BCUT2D eigenvalue weighted by Crippen LogP contribution is -2.46. The summed E-state index contributed by atoms with van der Waals surface area (Å²) in [6.07, 6.45) is 6.07. The Hall–Kier alpha value is -3.93. The normalized spacial score (nSPS) is 14.2. The van der Waals surface area contributed by atoms with Gasteiger partial charge in [-0.2, -0.15) is 10.4 Å². The molecule has 184 valence electrons. The summed E-state index contributed by atoms with van der Waals surface area (Å²) < 4.78 is 12.7. The summed E-state index contributed by atoms with van der Waals surface area (Å²) in [4.78, 5) is 9.60. The molecular weight excluding hydrogens is 452 g/mol. The summed E-state index contributed by atoms with van der Waals surface area (Å²) in [5, 5.41) is 14.0. The first-order valence-corrected chi connectivity index (χ1v) is 12.3. The summed E-state index contributed by atoms with van der Waals surface area (Å²) >= 11 is 0. The zero-order chi connectivity index (χ0) is 24.7. The van der Waals surface area contributed by atoms with Crippen LogP contribution in [0.3, 0.4) is 0 Å². The van der Waals surface area contributed by atoms with Crippen LogP contribution >= 0.6 is 0 Å². The van der Waals surface area contributed by atoms with E-state index in [4.69, 9.17) is 14.5 Å². The summed E-state index contributed by atoms with van der Waals surface area (Å²) in [5.74, 6) is 1.66. The van der Waals surface area contributed by atoms with Crippen LogP contribution in [-0.4, -0.2) is 66.0 Å². The maximum Gasteiger partial charge on any atom is 0.138 e. The molecule has 3 aromatic heterocycles. The van der Waals surface area contributed by atoms with Crippen LogP contribution in [-0.2, 0) is 11.3 Å². The van der Waals surface area contributed by atoms with Gasteiger partial charge in [-0.15, -0.1) is 0 Å². The second-order valence-corrected chi connectivity index (χ2v) is 8.90. The fourth-order valence-corrected chi connectivity index (χ4v) is 4.58. The van der Waals surface area contributed by atoms with Crippen LogP contribution in [0, 0.1) is 11.3 Å². The van der Waals surface area contributed by atoms with Gasteiger partial charge in [-0.25, -0.2) is 9.50 Å². The first kappa shape index (κ1) is 23.8. The Balaban J connectivity index is 1.31. The summed E-state index contributed by atoms with van der Waals surface area (Å²) in [7, 11) is 1.68. The number of fused-ring (bicyclic) bond motifs is 1. The highest BCUT2D eigenvalue weighted by Crippen LogP contribution is 2.31. The van der Waals surface area contributed by atoms with Gasteiger partial charge in [0, 0.05) is 70.2 Å². The van der Waals surface area contributed by atoms with Crippen LogP contribution < -0.4 is 9.64 Å². The molecule has 0 amide bonds. The fourth-order valence-electron chi connectivity index (χ4n) is 4.58. The predicted octanol–water partition coefficient (Wildman–Crippen LogP) is 4.01. The first-order chi connectivity index (χ1) is 17.7. The summed E-state index contributed by atoms with van der Waals surface area (Å²) in [5.41, 5.74) is 4.42. The number of anilines is 1. The van der Waals surface area contributed by atoms with Crippen molar-refractivity contribution in [3.8, 4) is 22.9 Å². The molecule has 1 aliphatic rings. The largest absolute Gasteiger partial charge is 0.492 e. The number of hydrogen-bond donors (Lipinski definition) is 0. The van der Waals surface area contributed by atoms with Crippen LogP contribution in [0.5, 0.6) is 5.75 Å². The van der Waals surface area contributed by atoms with Crippen molar-refractivity contribution in [1.29, 1.82) is 5.26 Å². The van der Waals surface area contributed by atoms with Crippen molar-refractivity contribution >= 4 is 11.3 Å². The third-order valence-corrected chi connectivity index (χ3v) is 6.47. The minimum Gasteiger partial charge on any atom is -0.492 e. The molecule has 0 unspecified atom stereocenters. The molecule has 0 spiro atoms. The van der Waals surface area contributed by atoms with E-state index in [2.05, 4.69) is 63.4 Å². The van der Waals surface area contributed by atoms with E-state index in [-0.39, 0.29) is 0 Å². The highest BCUT2D eigenvalue weighted by Gasteiger charge is 2.19. The summed E-state index contributed by atoms with van der Waals surface area (Å²) in [6, 6.07) is 19.0. The molecule has 0 saturated carbocycles. The molecule has 36 heavy (non-hydrogen) atoms. The molecule has 0 aliphatic carbocycles. The number of benzene rings is 1. The van der Waals surface area contributed by atoms with E-state index in [1.54, 1.807) is 17.8 Å². The molecule has 5 rings (SSSR count). The molecule has 8 heteroatoms. The summed E-state index contributed by atoms with van der Waals surface area (Å²) in [6.45, 7) is 6.05. The van der Waals surface area contributed by atoms with Crippen molar-refractivity contribution in [3.63, 3.8) is 0 Å². The van der Waals surface area contributed by atoms with Gasteiger partial charge in [-0.1, -0.05) is 30.3 Å². The van der Waals surface area contributed by atoms with E-state index in [0.29, 0.717) is 24.5 Å². The van der Waals surface area contributed by atoms with Crippen molar-refractivity contribution in [3.05, 3.63) is 78.2 Å². The van der Waals surface area contributed by atoms with E-state index >= 15 is 0 Å². The number of aromatic nitrogens is 3. The number of methoxy groups -OCH3 is 1. The molecule has 4 aromatic rings. The van der Waals surface area contributed by atoms with Crippen molar-refractivity contribution < 1.29 is 9.47 Å². The molecule has 1 saturated heterocycles. The first-order valence-electron chi connectivity index (χ1n) is 12.3. The SMILES string of the molecule is COCCCOc1cc(-c2ccc(N3CCN(Cc4ccccc4)CC3)nc2)c2c(C#N)cnn2c1. The predicted molar refractivity (Wildman–Crippen MR) is 139 cm³/mol. The van der Waals surface area contributed by atoms with E-state index < -0.39 is 0 Å². The van der Waals surface area contributed by atoms with Gasteiger partial charge in [0.05, 0.1) is 30.1 Å². The molecule has 1 aliphatic heterocycles. The second-order valence-electron chi connectivity index (χ2n) is 8.90. The monoisotopic (exact) mass is 482 g/mol. The average Bonchev–Trinajstić information content (AvgIpc) is 3.35. The van der Waals surface area contributed by atoms with Gasteiger partial charge in [0.25, 0.3) is 0 Å². The number of nitriles is 1. The van der Waals surface area contributed by atoms with Crippen molar-refractivity contribution in [2.45, 2.75) is 13.0 Å². The quantitative estimate of drug-likeness (QED) is 0.334. The van der Waals surface area contributed by atoms with E-state index in [0.717, 1.165) is 61.6 Å².